The number of nitrogens with one attached hydrogen (secondary N) is 1. The summed E-state index contributed by atoms with van der Waals surface area (Å²) in [5, 5.41) is 3.90. The number of rotatable bonds is 7. The lowest BCUT2D eigenvalue weighted by atomic mass is 10.2. The second-order valence-corrected chi connectivity index (χ2v) is 7.90. The zero-order valence-corrected chi connectivity index (χ0v) is 17.5. The lowest BCUT2D eigenvalue weighted by Crippen LogP contribution is -2.36. The number of aryl methyl sites for hydroxylation is 1. The number of morpholine rings is 1. The summed E-state index contributed by atoms with van der Waals surface area (Å²) in [7, 11) is 0. The van der Waals surface area contributed by atoms with Crippen molar-refractivity contribution in [3.63, 3.8) is 0 Å². The molecule has 3 aromatic rings. The van der Waals surface area contributed by atoms with E-state index in [0.717, 1.165) is 54.6 Å². The minimum Gasteiger partial charge on any atom is -0.378 e. The van der Waals surface area contributed by atoms with Gasteiger partial charge in [0.1, 0.15) is 0 Å². The molecular formula is C22H26N4O2S. The number of anilines is 1. The minimum atomic E-state index is 0.0157. The van der Waals surface area contributed by atoms with Crippen molar-refractivity contribution in [2.24, 2.45) is 0 Å². The molecule has 2 heterocycles. The van der Waals surface area contributed by atoms with Crippen molar-refractivity contribution in [3.05, 3.63) is 54.1 Å². The fourth-order valence-electron chi connectivity index (χ4n) is 3.50. The predicted molar refractivity (Wildman–Crippen MR) is 117 cm³/mol. The molecule has 1 N–H and O–H groups in total. The van der Waals surface area contributed by atoms with Crippen LogP contribution < -0.4 is 10.2 Å². The molecule has 1 fully saturated rings. The zero-order chi connectivity index (χ0) is 20.1. The fraction of sp³-hybridized carbons (Fsp3) is 0.364. The maximum absolute atomic E-state index is 12.3. The number of carbonyl (C=O) groups is 1. The largest absolute Gasteiger partial charge is 0.378 e. The van der Waals surface area contributed by atoms with Crippen molar-refractivity contribution in [2.45, 2.75) is 25.2 Å². The molecule has 0 saturated carbocycles. The topological polar surface area (TPSA) is 59.4 Å². The number of para-hydroxylation sites is 2. The van der Waals surface area contributed by atoms with Gasteiger partial charge in [0.25, 0.3) is 0 Å². The molecule has 0 aliphatic carbocycles. The lowest BCUT2D eigenvalue weighted by Gasteiger charge is -2.28. The number of thioether (sulfide) groups is 1. The van der Waals surface area contributed by atoms with Crippen molar-refractivity contribution in [2.75, 3.05) is 37.0 Å². The molecular weight excluding hydrogens is 384 g/mol. The number of fused-ring (bicyclic) bond motifs is 1. The molecule has 1 aromatic heterocycles. The van der Waals surface area contributed by atoms with Gasteiger partial charge in [0.15, 0.2) is 5.16 Å². The number of hydrogen-bond acceptors (Lipinski definition) is 5. The molecule has 4 rings (SSSR count). The Morgan fingerprint density at radius 1 is 1.14 bits per heavy atom. The van der Waals surface area contributed by atoms with Crippen LogP contribution in [0.3, 0.4) is 0 Å². The molecule has 6 nitrogen and oxygen atoms in total. The van der Waals surface area contributed by atoms with E-state index in [4.69, 9.17) is 4.74 Å². The van der Waals surface area contributed by atoms with E-state index in [1.165, 1.54) is 17.4 Å². The van der Waals surface area contributed by atoms with Gasteiger partial charge in [-0.15, -0.1) is 0 Å². The van der Waals surface area contributed by atoms with E-state index in [-0.39, 0.29) is 5.91 Å². The second-order valence-electron chi connectivity index (χ2n) is 6.96. The van der Waals surface area contributed by atoms with Gasteiger partial charge in [-0.2, -0.15) is 0 Å². The Kier molecular flexibility index (Phi) is 6.36. The molecule has 152 valence electrons. The van der Waals surface area contributed by atoms with Crippen molar-refractivity contribution in [1.29, 1.82) is 0 Å². The molecule has 1 amide bonds. The number of ether oxygens (including phenoxy) is 1. The van der Waals surface area contributed by atoms with Crippen LogP contribution in [0, 0.1) is 0 Å². The first-order valence-electron chi connectivity index (χ1n) is 10.0. The van der Waals surface area contributed by atoms with E-state index in [9.17, 15) is 4.79 Å². The highest BCUT2D eigenvalue weighted by atomic mass is 32.2. The number of nitrogens with zero attached hydrogens (tertiary/aromatic N) is 3. The molecule has 1 saturated heterocycles. The van der Waals surface area contributed by atoms with Gasteiger partial charge in [-0.25, -0.2) is 4.98 Å². The monoisotopic (exact) mass is 410 g/mol. The summed E-state index contributed by atoms with van der Waals surface area (Å²) in [6.45, 7) is 6.88. The highest BCUT2D eigenvalue weighted by molar-refractivity contribution is 7.99. The van der Waals surface area contributed by atoms with Crippen LogP contribution in [0.4, 0.5) is 5.69 Å². The third kappa shape index (κ3) is 4.74. The first-order chi connectivity index (χ1) is 14.2. The van der Waals surface area contributed by atoms with Gasteiger partial charge in [-0.1, -0.05) is 36.0 Å². The number of amides is 1. The van der Waals surface area contributed by atoms with E-state index in [1.54, 1.807) is 0 Å². The van der Waals surface area contributed by atoms with E-state index >= 15 is 0 Å². The van der Waals surface area contributed by atoms with E-state index in [0.29, 0.717) is 12.3 Å². The standard InChI is InChI=1S/C22H26N4O2S/c1-2-26-20-6-4-3-5-19(20)24-22(26)29-16-21(27)23-15-17-7-9-18(10-8-17)25-11-13-28-14-12-25/h3-10H,2,11-16H2,1H3,(H,23,27). The van der Waals surface area contributed by atoms with Gasteiger partial charge in [0.05, 0.1) is 30.0 Å². The van der Waals surface area contributed by atoms with E-state index < -0.39 is 0 Å². The Morgan fingerprint density at radius 2 is 1.90 bits per heavy atom. The van der Waals surface area contributed by atoms with Gasteiger partial charge in [-0.05, 0) is 36.8 Å². The van der Waals surface area contributed by atoms with Crippen molar-refractivity contribution >= 4 is 34.4 Å². The summed E-state index contributed by atoms with van der Waals surface area (Å²) in [5.74, 6) is 0.372. The van der Waals surface area contributed by atoms with Gasteiger partial charge in [-0.3, -0.25) is 4.79 Å². The van der Waals surface area contributed by atoms with Crippen LogP contribution in [-0.4, -0.2) is 47.5 Å². The Hall–Kier alpha value is -2.51. The quantitative estimate of drug-likeness (QED) is 0.606. The predicted octanol–water partition coefficient (Wildman–Crippen LogP) is 3.30. The first kappa shape index (κ1) is 19.8. The third-order valence-corrected chi connectivity index (χ3v) is 6.05. The van der Waals surface area contributed by atoms with Crippen molar-refractivity contribution in [1.82, 2.24) is 14.9 Å². The maximum atomic E-state index is 12.3. The molecule has 2 aromatic carbocycles. The molecule has 0 radical (unpaired) electrons. The lowest BCUT2D eigenvalue weighted by molar-refractivity contribution is -0.118. The molecule has 29 heavy (non-hydrogen) atoms. The minimum absolute atomic E-state index is 0.0157. The summed E-state index contributed by atoms with van der Waals surface area (Å²) in [5.41, 5.74) is 4.38. The normalized spacial score (nSPS) is 14.3. The third-order valence-electron chi connectivity index (χ3n) is 5.07. The number of benzene rings is 2. The molecule has 1 aliphatic rings. The summed E-state index contributed by atoms with van der Waals surface area (Å²) in [6.07, 6.45) is 0. The molecule has 1 aliphatic heterocycles. The highest BCUT2D eigenvalue weighted by Gasteiger charge is 2.13. The van der Waals surface area contributed by atoms with Crippen LogP contribution in [0.1, 0.15) is 12.5 Å². The number of hydrogen-bond donors (Lipinski definition) is 1. The van der Waals surface area contributed by atoms with Gasteiger partial charge >= 0.3 is 0 Å². The second kappa shape index (κ2) is 9.33. The van der Waals surface area contributed by atoms with Crippen LogP contribution in [0.25, 0.3) is 11.0 Å². The first-order valence-corrected chi connectivity index (χ1v) is 11.0. The summed E-state index contributed by atoms with van der Waals surface area (Å²) in [4.78, 5) is 19.3. The maximum Gasteiger partial charge on any atom is 0.230 e. The molecule has 0 bridgehead atoms. The summed E-state index contributed by atoms with van der Waals surface area (Å²) in [6, 6.07) is 16.5. The summed E-state index contributed by atoms with van der Waals surface area (Å²) < 4.78 is 7.55. The zero-order valence-electron chi connectivity index (χ0n) is 16.6. The highest BCUT2D eigenvalue weighted by Crippen LogP contribution is 2.24. The molecule has 0 unspecified atom stereocenters. The van der Waals surface area contributed by atoms with Crippen molar-refractivity contribution in [3.8, 4) is 0 Å². The number of imidazole rings is 1. The van der Waals surface area contributed by atoms with E-state index in [1.807, 2.05) is 18.2 Å². The van der Waals surface area contributed by atoms with Crippen LogP contribution in [0.15, 0.2) is 53.7 Å². The SMILES string of the molecule is CCn1c(SCC(=O)NCc2ccc(N3CCOCC3)cc2)nc2ccccc21. The Bertz CT molecular complexity index is 965. The number of carbonyl (C=O) groups excluding carboxylic acids is 1. The van der Waals surface area contributed by atoms with Gasteiger partial charge in [0, 0.05) is 31.9 Å². The fourth-order valence-corrected chi connectivity index (χ4v) is 4.41. The van der Waals surface area contributed by atoms with Gasteiger partial charge < -0.3 is 19.5 Å². The molecule has 7 heteroatoms. The molecule has 0 spiro atoms. The van der Waals surface area contributed by atoms with Gasteiger partial charge in [0.2, 0.25) is 5.91 Å². The van der Waals surface area contributed by atoms with Crippen LogP contribution in [-0.2, 0) is 22.6 Å². The smallest absolute Gasteiger partial charge is 0.230 e. The van der Waals surface area contributed by atoms with Crippen LogP contribution >= 0.6 is 11.8 Å². The summed E-state index contributed by atoms with van der Waals surface area (Å²) >= 11 is 1.48. The van der Waals surface area contributed by atoms with E-state index in [2.05, 4.69) is 57.0 Å². The van der Waals surface area contributed by atoms with Crippen molar-refractivity contribution < 1.29 is 9.53 Å². The van der Waals surface area contributed by atoms with Crippen LogP contribution in [0.2, 0.25) is 0 Å². The Morgan fingerprint density at radius 3 is 2.66 bits per heavy atom. The number of aromatic nitrogens is 2. The Labute approximate surface area is 175 Å². The molecule has 0 atom stereocenters. The average molecular weight is 411 g/mol. The van der Waals surface area contributed by atoms with Crippen LogP contribution in [0.5, 0.6) is 0 Å². The Balaban J connectivity index is 1.29. The average Bonchev–Trinajstić information content (AvgIpc) is 3.14.